The summed E-state index contributed by atoms with van der Waals surface area (Å²) < 4.78 is 11.1. The third kappa shape index (κ3) is 6.61. The fraction of sp³-hybridized carbons (Fsp3) is 0.471. The van der Waals surface area contributed by atoms with Gasteiger partial charge in [0.05, 0.1) is 7.11 Å². The summed E-state index contributed by atoms with van der Waals surface area (Å²) in [5.74, 6) is 1.25. The van der Waals surface area contributed by atoms with Crippen molar-refractivity contribution < 1.29 is 14.3 Å². The molecule has 0 aliphatic heterocycles. The zero-order valence-electron chi connectivity index (χ0n) is 14.2. The maximum Gasteiger partial charge on any atom is 0.319 e. The summed E-state index contributed by atoms with van der Waals surface area (Å²) in [6.45, 7) is 11.6. The van der Waals surface area contributed by atoms with E-state index in [1.54, 1.807) is 31.4 Å². The molecule has 0 aromatic heterocycles. The van der Waals surface area contributed by atoms with Crippen LogP contribution in [0.3, 0.4) is 0 Å². The summed E-state index contributed by atoms with van der Waals surface area (Å²) in [6.07, 6.45) is 1.62. The number of methoxy groups -OCH3 is 1. The Morgan fingerprint density at radius 3 is 2.65 bits per heavy atom. The molecule has 0 unspecified atom stereocenters. The summed E-state index contributed by atoms with van der Waals surface area (Å²) in [4.78, 5) is 13.9. The third-order valence-corrected chi connectivity index (χ3v) is 3.39. The van der Waals surface area contributed by atoms with Crippen LogP contribution in [0.15, 0.2) is 30.9 Å². The Morgan fingerprint density at radius 2 is 2.04 bits per heavy atom. The van der Waals surface area contributed by atoms with Crippen LogP contribution in [0, 0.1) is 0 Å². The maximum atomic E-state index is 11.7. The number of rotatable bonds is 10. The van der Waals surface area contributed by atoms with Gasteiger partial charge in [-0.25, -0.2) is 4.79 Å². The van der Waals surface area contributed by atoms with E-state index < -0.39 is 0 Å². The lowest BCUT2D eigenvalue weighted by atomic mass is 10.2. The third-order valence-electron chi connectivity index (χ3n) is 3.39. The number of urea groups is 1. The number of hydrogen-bond donors (Lipinski definition) is 2. The molecule has 0 spiro atoms. The lowest BCUT2D eigenvalue weighted by Gasteiger charge is -2.19. The fourth-order valence-electron chi connectivity index (χ4n) is 2.03. The average Bonchev–Trinajstić information content (AvgIpc) is 2.57. The number of nitrogens with zero attached hydrogens (tertiary/aromatic N) is 1. The van der Waals surface area contributed by atoms with Crippen molar-refractivity contribution in [3.8, 4) is 11.5 Å². The van der Waals surface area contributed by atoms with Crippen LogP contribution in [0.25, 0.3) is 0 Å². The number of anilines is 1. The molecule has 0 saturated carbocycles. The Kier molecular flexibility index (Phi) is 8.60. The van der Waals surface area contributed by atoms with Crippen LogP contribution >= 0.6 is 0 Å². The Morgan fingerprint density at radius 1 is 1.30 bits per heavy atom. The molecule has 6 nitrogen and oxygen atoms in total. The normalized spacial score (nSPS) is 10.3. The van der Waals surface area contributed by atoms with Gasteiger partial charge in [0.2, 0.25) is 0 Å². The van der Waals surface area contributed by atoms with Gasteiger partial charge in [0.25, 0.3) is 0 Å². The van der Waals surface area contributed by atoms with Crippen LogP contribution in [-0.2, 0) is 0 Å². The van der Waals surface area contributed by atoms with Gasteiger partial charge in [-0.3, -0.25) is 0 Å². The van der Waals surface area contributed by atoms with Crippen molar-refractivity contribution in [2.75, 3.05) is 45.2 Å². The molecule has 0 aliphatic rings. The van der Waals surface area contributed by atoms with Crippen LogP contribution < -0.4 is 20.1 Å². The van der Waals surface area contributed by atoms with E-state index in [1.165, 1.54) is 0 Å². The van der Waals surface area contributed by atoms with Gasteiger partial charge in [0.15, 0.2) is 11.5 Å². The van der Waals surface area contributed by atoms with E-state index in [-0.39, 0.29) is 6.03 Å². The summed E-state index contributed by atoms with van der Waals surface area (Å²) in [7, 11) is 1.59. The Hall–Kier alpha value is -2.21. The molecule has 0 bridgehead atoms. The predicted molar refractivity (Wildman–Crippen MR) is 93.5 cm³/mol. The van der Waals surface area contributed by atoms with Gasteiger partial charge in [-0.05, 0) is 25.2 Å². The standard InChI is InChI=1S/C17H27N3O3/c1-5-10-18-17(21)19-14-8-9-15(22-4)16(13-14)23-12-11-20(6-2)7-3/h5,8-9,13H,1,6-7,10-12H2,2-4H3,(H2,18,19,21). The average molecular weight is 321 g/mol. The second-order valence-electron chi connectivity index (χ2n) is 4.86. The highest BCUT2D eigenvalue weighted by molar-refractivity contribution is 5.89. The van der Waals surface area contributed by atoms with E-state index in [0.717, 1.165) is 19.6 Å². The van der Waals surface area contributed by atoms with Crippen molar-refractivity contribution in [1.29, 1.82) is 0 Å². The van der Waals surface area contributed by atoms with Crippen LogP contribution in [-0.4, -0.2) is 50.8 Å². The molecular weight excluding hydrogens is 294 g/mol. The molecule has 0 saturated heterocycles. The number of carbonyl (C=O) groups is 1. The van der Waals surface area contributed by atoms with Crippen molar-refractivity contribution in [3.63, 3.8) is 0 Å². The topological polar surface area (TPSA) is 62.8 Å². The minimum absolute atomic E-state index is 0.288. The van der Waals surface area contributed by atoms with Crippen molar-refractivity contribution in [1.82, 2.24) is 10.2 Å². The molecule has 1 aromatic carbocycles. The summed E-state index contributed by atoms with van der Waals surface area (Å²) >= 11 is 0. The monoisotopic (exact) mass is 321 g/mol. The smallest absolute Gasteiger partial charge is 0.319 e. The van der Waals surface area contributed by atoms with Gasteiger partial charge < -0.3 is 25.0 Å². The minimum atomic E-state index is -0.288. The van der Waals surface area contributed by atoms with E-state index in [0.29, 0.717) is 30.3 Å². The minimum Gasteiger partial charge on any atom is -0.493 e. The number of nitrogens with one attached hydrogen (secondary N) is 2. The first-order valence-electron chi connectivity index (χ1n) is 7.83. The second kappa shape index (κ2) is 10.5. The van der Waals surface area contributed by atoms with Gasteiger partial charge >= 0.3 is 6.03 Å². The zero-order valence-corrected chi connectivity index (χ0v) is 14.2. The highest BCUT2D eigenvalue weighted by Gasteiger charge is 2.08. The van der Waals surface area contributed by atoms with Gasteiger partial charge in [0.1, 0.15) is 6.61 Å². The number of ether oxygens (including phenoxy) is 2. The van der Waals surface area contributed by atoms with E-state index in [4.69, 9.17) is 9.47 Å². The van der Waals surface area contributed by atoms with E-state index in [1.807, 2.05) is 0 Å². The summed E-state index contributed by atoms with van der Waals surface area (Å²) in [5.41, 5.74) is 0.644. The highest BCUT2D eigenvalue weighted by Crippen LogP contribution is 2.30. The summed E-state index contributed by atoms with van der Waals surface area (Å²) in [6, 6.07) is 5.01. The van der Waals surface area contributed by atoms with Gasteiger partial charge in [-0.15, -0.1) is 6.58 Å². The Bertz CT molecular complexity index is 502. The molecular formula is C17H27N3O3. The molecule has 1 aromatic rings. The molecule has 2 amide bonds. The molecule has 23 heavy (non-hydrogen) atoms. The quantitative estimate of drug-likeness (QED) is 0.651. The van der Waals surface area contributed by atoms with Crippen LogP contribution in [0.5, 0.6) is 11.5 Å². The largest absolute Gasteiger partial charge is 0.493 e. The number of hydrogen-bond acceptors (Lipinski definition) is 4. The molecule has 0 heterocycles. The summed E-state index contributed by atoms with van der Waals surface area (Å²) in [5, 5.41) is 5.40. The van der Waals surface area contributed by atoms with Gasteiger partial charge in [0, 0.05) is 24.8 Å². The second-order valence-corrected chi connectivity index (χ2v) is 4.86. The van der Waals surface area contributed by atoms with Crippen LogP contribution in [0.1, 0.15) is 13.8 Å². The first kappa shape index (κ1) is 18.8. The molecule has 0 fully saturated rings. The fourth-order valence-corrected chi connectivity index (χ4v) is 2.03. The molecule has 0 atom stereocenters. The molecule has 128 valence electrons. The molecule has 0 aliphatic carbocycles. The predicted octanol–water partition coefficient (Wildman–Crippen LogP) is 2.72. The molecule has 1 rings (SSSR count). The van der Waals surface area contributed by atoms with E-state index in [9.17, 15) is 4.79 Å². The van der Waals surface area contributed by atoms with E-state index >= 15 is 0 Å². The molecule has 0 radical (unpaired) electrons. The lowest BCUT2D eigenvalue weighted by Crippen LogP contribution is -2.28. The van der Waals surface area contributed by atoms with Crippen molar-refractivity contribution >= 4 is 11.7 Å². The number of benzene rings is 1. The molecule has 2 N–H and O–H groups in total. The van der Waals surface area contributed by atoms with Gasteiger partial charge in [-0.2, -0.15) is 0 Å². The van der Waals surface area contributed by atoms with Crippen molar-refractivity contribution in [3.05, 3.63) is 30.9 Å². The number of amides is 2. The number of likely N-dealkylation sites (N-methyl/N-ethyl adjacent to an activating group) is 1. The van der Waals surface area contributed by atoms with Crippen molar-refractivity contribution in [2.45, 2.75) is 13.8 Å². The highest BCUT2D eigenvalue weighted by atomic mass is 16.5. The first-order chi connectivity index (χ1) is 11.1. The number of carbonyl (C=O) groups excluding carboxylic acids is 1. The van der Waals surface area contributed by atoms with Crippen LogP contribution in [0.4, 0.5) is 10.5 Å². The maximum absolute atomic E-state index is 11.7. The molecule has 6 heteroatoms. The van der Waals surface area contributed by atoms with E-state index in [2.05, 4.69) is 36.0 Å². The Labute approximate surface area is 138 Å². The van der Waals surface area contributed by atoms with Crippen LogP contribution in [0.2, 0.25) is 0 Å². The first-order valence-corrected chi connectivity index (χ1v) is 7.83. The SMILES string of the molecule is C=CCNC(=O)Nc1ccc(OC)c(OCCN(CC)CC)c1. The Balaban J connectivity index is 2.67. The lowest BCUT2D eigenvalue weighted by molar-refractivity contribution is 0.217. The van der Waals surface area contributed by atoms with Crippen molar-refractivity contribution in [2.24, 2.45) is 0 Å². The zero-order chi connectivity index (χ0) is 17.1. The van der Waals surface area contributed by atoms with Gasteiger partial charge in [-0.1, -0.05) is 19.9 Å².